The number of carbonyl (C=O) groups excluding carboxylic acids is 1. The summed E-state index contributed by atoms with van der Waals surface area (Å²) < 4.78 is 6.06. The molecule has 2 aromatic carbocycles. The third-order valence-corrected chi connectivity index (χ3v) is 4.74. The third kappa shape index (κ3) is 3.96. The highest BCUT2D eigenvalue weighted by atomic mass is 16.7. The summed E-state index contributed by atoms with van der Waals surface area (Å²) in [7, 11) is 0. The fourth-order valence-electron chi connectivity index (χ4n) is 3.18. The van der Waals surface area contributed by atoms with Crippen LogP contribution < -0.4 is 0 Å². The van der Waals surface area contributed by atoms with E-state index in [1.807, 2.05) is 42.5 Å². The molecule has 2 aromatic rings. The van der Waals surface area contributed by atoms with Crippen LogP contribution in [0.15, 0.2) is 94.9 Å². The molecule has 0 bridgehead atoms. The first-order chi connectivity index (χ1) is 13.7. The van der Waals surface area contributed by atoms with Crippen molar-refractivity contribution in [3.8, 4) is 0 Å². The second-order valence-corrected chi connectivity index (χ2v) is 6.85. The molecule has 1 aliphatic carbocycles. The molecule has 0 saturated heterocycles. The summed E-state index contributed by atoms with van der Waals surface area (Å²) in [5, 5.41) is 3.98. The van der Waals surface area contributed by atoms with Crippen molar-refractivity contribution in [3.63, 3.8) is 0 Å². The predicted molar refractivity (Wildman–Crippen MR) is 109 cm³/mol. The van der Waals surface area contributed by atoms with Crippen molar-refractivity contribution < 1.29 is 14.4 Å². The number of hydrogen-bond donors (Lipinski definition) is 0. The molecule has 0 unspecified atom stereocenters. The van der Waals surface area contributed by atoms with Crippen LogP contribution in [-0.2, 0) is 21.0 Å². The SMILES string of the molecule is Cc1ccc(COC2=C(/C=C3\C(=O)ON=C3c3ccccc3)CCC=C2)cc1. The highest BCUT2D eigenvalue weighted by Gasteiger charge is 2.27. The summed E-state index contributed by atoms with van der Waals surface area (Å²) in [6.45, 7) is 2.55. The maximum Gasteiger partial charge on any atom is 0.368 e. The van der Waals surface area contributed by atoms with Gasteiger partial charge in [-0.05, 0) is 43.1 Å². The highest BCUT2D eigenvalue weighted by Crippen LogP contribution is 2.26. The lowest BCUT2D eigenvalue weighted by atomic mass is 9.96. The summed E-state index contributed by atoms with van der Waals surface area (Å²) in [4.78, 5) is 17.2. The summed E-state index contributed by atoms with van der Waals surface area (Å²) in [6.07, 6.45) is 7.63. The Balaban J connectivity index is 1.61. The lowest BCUT2D eigenvalue weighted by molar-refractivity contribution is -0.136. The smallest absolute Gasteiger partial charge is 0.368 e. The molecular weight excluding hydrogens is 350 g/mol. The molecule has 1 heterocycles. The van der Waals surface area contributed by atoms with Crippen molar-refractivity contribution >= 4 is 11.7 Å². The Morgan fingerprint density at radius 3 is 2.68 bits per heavy atom. The molecule has 4 nitrogen and oxygen atoms in total. The Morgan fingerprint density at radius 2 is 1.89 bits per heavy atom. The average molecular weight is 371 g/mol. The number of allylic oxidation sites excluding steroid dienone is 4. The molecule has 1 aliphatic heterocycles. The Hall–Kier alpha value is -3.40. The van der Waals surface area contributed by atoms with Crippen molar-refractivity contribution in [2.24, 2.45) is 5.16 Å². The van der Waals surface area contributed by atoms with Gasteiger partial charge in [0.2, 0.25) is 0 Å². The van der Waals surface area contributed by atoms with E-state index in [-0.39, 0.29) is 0 Å². The molecule has 0 aromatic heterocycles. The summed E-state index contributed by atoms with van der Waals surface area (Å²) in [6, 6.07) is 17.9. The lowest BCUT2D eigenvalue weighted by Crippen LogP contribution is -2.09. The van der Waals surface area contributed by atoms with E-state index in [1.165, 1.54) is 5.56 Å². The zero-order valence-corrected chi connectivity index (χ0v) is 15.7. The summed E-state index contributed by atoms with van der Waals surface area (Å²) in [5.74, 6) is 0.352. The maximum absolute atomic E-state index is 12.3. The largest absolute Gasteiger partial charge is 0.489 e. The van der Waals surface area contributed by atoms with E-state index >= 15 is 0 Å². The number of carbonyl (C=O) groups is 1. The van der Waals surface area contributed by atoms with Crippen molar-refractivity contribution in [2.75, 3.05) is 0 Å². The van der Waals surface area contributed by atoms with Gasteiger partial charge in [-0.2, -0.15) is 0 Å². The van der Waals surface area contributed by atoms with Crippen molar-refractivity contribution in [1.82, 2.24) is 0 Å². The molecule has 0 fully saturated rings. The van der Waals surface area contributed by atoms with E-state index in [9.17, 15) is 4.79 Å². The summed E-state index contributed by atoms with van der Waals surface area (Å²) in [5.41, 5.74) is 5.19. The monoisotopic (exact) mass is 371 g/mol. The molecule has 140 valence electrons. The van der Waals surface area contributed by atoms with Crippen LogP contribution in [0.5, 0.6) is 0 Å². The van der Waals surface area contributed by atoms with Crippen LogP contribution in [0.2, 0.25) is 0 Å². The van der Waals surface area contributed by atoms with Crippen LogP contribution in [0.4, 0.5) is 0 Å². The van der Waals surface area contributed by atoms with Crippen molar-refractivity contribution in [3.05, 3.63) is 106 Å². The van der Waals surface area contributed by atoms with Gasteiger partial charge in [-0.3, -0.25) is 0 Å². The highest BCUT2D eigenvalue weighted by molar-refractivity contribution is 6.29. The van der Waals surface area contributed by atoms with E-state index in [1.54, 1.807) is 0 Å². The van der Waals surface area contributed by atoms with Gasteiger partial charge in [0.15, 0.2) is 0 Å². The van der Waals surface area contributed by atoms with Gasteiger partial charge in [0.05, 0.1) is 5.57 Å². The topological polar surface area (TPSA) is 47.9 Å². The minimum absolute atomic E-state index is 0.432. The van der Waals surface area contributed by atoms with Crippen LogP contribution in [0, 0.1) is 6.92 Å². The maximum atomic E-state index is 12.3. The second kappa shape index (κ2) is 8.09. The number of hydrogen-bond acceptors (Lipinski definition) is 4. The van der Waals surface area contributed by atoms with Gasteiger partial charge in [0.25, 0.3) is 0 Å². The van der Waals surface area contributed by atoms with Crippen LogP contribution >= 0.6 is 0 Å². The molecule has 0 saturated carbocycles. The predicted octanol–water partition coefficient (Wildman–Crippen LogP) is 5.00. The number of ether oxygens (including phenoxy) is 1. The first-order valence-corrected chi connectivity index (χ1v) is 9.35. The average Bonchev–Trinajstić information content (AvgIpc) is 3.09. The molecule has 28 heavy (non-hydrogen) atoms. The standard InChI is InChI=1S/C24H21NO3/c1-17-11-13-18(14-12-17)16-27-22-10-6-5-9-20(22)15-21-23(25-28-24(21)26)19-7-3-2-4-8-19/h2-4,6-8,10-15H,5,9,16H2,1H3/b21-15-. The molecular formula is C24H21NO3. The van der Waals surface area contributed by atoms with Gasteiger partial charge in [-0.25, -0.2) is 4.79 Å². The van der Waals surface area contributed by atoms with Crippen molar-refractivity contribution in [2.45, 2.75) is 26.4 Å². The van der Waals surface area contributed by atoms with Gasteiger partial charge in [0, 0.05) is 5.56 Å². The van der Waals surface area contributed by atoms with Crippen molar-refractivity contribution in [1.29, 1.82) is 0 Å². The van der Waals surface area contributed by atoms with Crippen LogP contribution in [0.3, 0.4) is 0 Å². The molecule has 4 heteroatoms. The fourth-order valence-corrected chi connectivity index (χ4v) is 3.18. The number of nitrogens with zero attached hydrogens (tertiary/aromatic N) is 1. The zero-order valence-electron chi connectivity index (χ0n) is 15.7. The van der Waals surface area contributed by atoms with E-state index in [4.69, 9.17) is 9.57 Å². The molecule has 0 N–H and O–H groups in total. The minimum atomic E-state index is -0.432. The normalized spacial score (nSPS) is 17.7. The van der Waals surface area contributed by atoms with Crippen LogP contribution in [0.1, 0.15) is 29.5 Å². The van der Waals surface area contributed by atoms with Gasteiger partial charge in [-0.1, -0.05) is 71.4 Å². The second-order valence-electron chi connectivity index (χ2n) is 6.85. The van der Waals surface area contributed by atoms with Crippen LogP contribution in [0.25, 0.3) is 0 Å². The molecule has 4 rings (SSSR count). The van der Waals surface area contributed by atoms with Gasteiger partial charge in [-0.15, -0.1) is 0 Å². The first kappa shape index (κ1) is 18.0. The zero-order chi connectivity index (χ0) is 19.3. The number of rotatable bonds is 5. The molecule has 0 atom stereocenters. The lowest BCUT2D eigenvalue weighted by Gasteiger charge is -2.15. The third-order valence-electron chi connectivity index (χ3n) is 4.74. The molecule has 0 radical (unpaired) electrons. The van der Waals surface area contributed by atoms with Crippen LogP contribution in [-0.4, -0.2) is 11.7 Å². The quantitative estimate of drug-likeness (QED) is 0.549. The molecule has 0 amide bonds. The van der Waals surface area contributed by atoms with E-state index < -0.39 is 5.97 Å². The first-order valence-electron chi connectivity index (χ1n) is 9.35. The van der Waals surface area contributed by atoms with E-state index in [2.05, 4.69) is 42.4 Å². The number of benzene rings is 2. The van der Waals surface area contributed by atoms with Gasteiger partial charge >= 0.3 is 5.97 Å². The van der Waals surface area contributed by atoms with Gasteiger partial charge < -0.3 is 9.57 Å². The van der Waals surface area contributed by atoms with E-state index in [0.717, 1.165) is 35.3 Å². The Kier molecular flexibility index (Phi) is 5.20. The number of aryl methyl sites for hydroxylation is 1. The Labute approximate surface area is 164 Å². The molecule has 0 spiro atoms. The summed E-state index contributed by atoms with van der Waals surface area (Å²) >= 11 is 0. The van der Waals surface area contributed by atoms with Gasteiger partial charge in [0.1, 0.15) is 18.1 Å². The van der Waals surface area contributed by atoms with E-state index in [0.29, 0.717) is 17.9 Å². The molecule has 2 aliphatic rings. The number of oxime groups is 1. The Morgan fingerprint density at radius 1 is 1.11 bits per heavy atom. The minimum Gasteiger partial charge on any atom is -0.489 e. The fraction of sp³-hybridized carbons (Fsp3) is 0.167. The Bertz CT molecular complexity index is 996.